The van der Waals surface area contributed by atoms with Gasteiger partial charge in [0.25, 0.3) is 0 Å². The number of carbonyl (C=O) groups excluding carboxylic acids is 4. The standard InChI is InChI=1S/C30H47NO11/c1-9-19(5)16-37-29(34)41-25-12-11-23(14-26(25)42-30(35)38-17-20(6)10-2)13-24(31)27(32)39-21(7)22(8)40-28(33)36-15-18(3)4/h11-12,14,18-22,24H,9-10,13,15-17,31H2,1-8H3/t19?,20?,21-,22-,24-/m0/s1. The highest BCUT2D eigenvalue weighted by atomic mass is 16.7. The van der Waals surface area contributed by atoms with Crippen LogP contribution in [0.5, 0.6) is 11.5 Å². The van der Waals surface area contributed by atoms with Gasteiger partial charge < -0.3 is 38.9 Å². The molecule has 0 aliphatic rings. The minimum atomic E-state index is -1.11. The highest BCUT2D eigenvalue weighted by molar-refractivity contribution is 5.76. The topological polar surface area (TPSA) is 159 Å². The van der Waals surface area contributed by atoms with E-state index in [9.17, 15) is 19.2 Å². The van der Waals surface area contributed by atoms with Crippen molar-refractivity contribution < 1.29 is 52.3 Å². The summed E-state index contributed by atoms with van der Waals surface area (Å²) in [5, 5.41) is 0. The number of rotatable bonds is 16. The van der Waals surface area contributed by atoms with Crippen LogP contribution in [0.2, 0.25) is 0 Å². The van der Waals surface area contributed by atoms with Gasteiger partial charge in [-0.1, -0.05) is 60.5 Å². The van der Waals surface area contributed by atoms with Gasteiger partial charge in [0.15, 0.2) is 11.5 Å². The number of hydrogen-bond acceptors (Lipinski definition) is 12. The summed E-state index contributed by atoms with van der Waals surface area (Å²) < 4.78 is 36.4. The number of esters is 1. The fourth-order valence-electron chi connectivity index (χ4n) is 2.96. The molecule has 42 heavy (non-hydrogen) atoms. The predicted molar refractivity (Wildman–Crippen MR) is 153 cm³/mol. The molecule has 12 nitrogen and oxygen atoms in total. The summed E-state index contributed by atoms with van der Waals surface area (Å²) in [6, 6.07) is 3.26. The molecule has 12 heteroatoms. The Labute approximate surface area is 248 Å². The first-order chi connectivity index (χ1) is 19.7. The van der Waals surface area contributed by atoms with Gasteiger partial charge >= 0.3 is 24.4 Å². The maximum absolute atomic E-state index is 12.7. The summed E-state index contributed by atoms with van der Waals surface area (Å²) in [4.78, 5) is 49.0. The number of nitrogens with two attached hydrogens (primary N) is 1. The highest BCUT2D eigenvalue weighted by Gasteiger charge is 2.26. The molecule has 1 aromatic carbocycles. The molecule has 0 saturated heterocycles. The molecule has 1 rings (SSSR count). The van der Waals surface area contributed by atoms with Crippen LogP contribution in [0.1, 0.15) is 73.8 Å². The van der Waals surface area contributed by atoms with E-state index in [1.165, 1.54) is 12.1 Å². The van der Waals surface area contributed by atoms with E-state index in [4.69, 9.17) is 38.9 Å². The van der Waals surface area contributed by atoms with Crippen LogP contribution >= 0.6 is 0 Å². The van der Waals surface area contributed by atoms with Gasteiger partial charge in [0.05, 0.1) is 19.8 Å². The average Bonchev–Trinajstić information content (AvgIpc) is 2.94. The van der Waals surface area contributed by atoms with Crippen LogP contribution in [-0.4, -0.2) is 62.5 Å². The van der Waals surface area contributed by atoms with Gasteiger partial charge in [0, 0.05) is 0 Å². The summed E-state index contributed by atoms with van der Waals surface area (Å²) in [7, 11) is 0. The minimum absolute atomic E-state index is 0.00572. The van der Waals surface area contributed by atoms with Crippen LogP contribution in [0.25, 0.3) is 0 Å². The Morgan fingerprint density at radius 1 is 0.690 bits per heavy atom. The van der Waals surface area contributed by atoms with Crippen molar-refractivity contribution in [3.63, 3.8) is 0 Å². The molecule has 0 heterocycles. The van der Waals surface area contributed by atoms with Crippen LogP contribution in [0.3, 0.4) is 0 Å². The zero-order valence-electron chi connectivity index (χ0n) is 26.0. The Morgan fingerprint density at radius 2 is 1.19 bits per heavy atom. The van der Waals surface area contributed by atoms with E-state index in [0.717, 1.165) is 12.8 Å². The van der Waals surface area contributed by atoms with Gasteiger partial charge in [-0.3, -0.25) is 4.79 Å². The SMILES string of the molecule is CCC(C)COC(=O)Oc1ccc(C[C@H](N)C(=O)O[C@@H](C)[C@H](C)OC(=O)OCC(C)C)cc1OC(=O)OCC(C)CC. The predicted octanol–water partition coefficient (Wildman–Crippen LogP) is 5.81. The third kappa shape index (κ3) is 14.4. The molecule has 2 unspecified atom stereocenters. The van der Waals surface area contributed by atoms with Crippen LogP contribution in [-0.2, 0) is 34.9 Å². The second-order valence-electron chi connectivity index (χ2n) is 10.9. The zero-order valence-corrected chi connectivity index (χ0v) is 26.0. The van der Waals surface area contributed by atoms with Crippen molar-refractivity contribution in [2.24, 2.45) is 23.5 Å². The fraction of sp³-hybridized carbons (Fsp3) is 0.667. The summed E-state index contributed by atoms with van der Waals surface area (Å²) in [6.07, 6.45) is -2.76. The maximum Gasteiger partial charge on any atom is 0.513 e. The summed E-state index contributed by atoms with van der Waals surface area (Å²) in [5.74, 6) is -0.514. The molecule has 0 spiro atoms. The van der Waals surface area contributed by atoms with Gasteiger partial charge in [-0.2, -0.15) is 0 Å². The van der Waals surface area contributed by atoms with E-state index in [0.29, 0.717) is 5.56 Å². The molecule has 0 fully saturated rings. The molecule has 0 saturated carbocycles. The van der Waals surface area contributed by atoms with Crippen molar-refractivity contribution in [1.82, 2.24) is 0 Å². The minimum Gasteiger partial charge on any atom is -0.458 e. The molecule has 0 aliphatic carbocycles. The number of hydrogen-bond donors (Lipinski definition) is 1. The third-order valence-corrected chi connectivity index (χ3v) is 6.30. The third-order valence-electron chi connectivity index (χ3n) is 6.30. The smallest absolute Gasteiger partial charge is 0.458 e. The second kappa shape index (κ2) is 18.8. The lowest BCUT2D eigenvalue weighted by molar-refractivity contribution is -0.155. The first kappa shape index (κ1) is 36.5. The number of ether oxygens (including phenoxy) is 7. The number of benzene rings is 1. The van der Waals surface area contributed by atoms with Gasteiger partial charge in [-0.05, 0) is 55.7 Å². The fourth-order valence-corrected chi connectivity index (χ4v) is 2.96. The summed E-state index contributed by atoms with van der Waals surface area (Å²) >= 11 is 0. The van der Waals surface area contributed by atoms with Gasteiger partial charge in [0.2, 0.25) is 0 Å². The van der Waals surface area contributed by atoms with Crippen molar-refractivity contribution in [3.8, 4) is 11.5 Å². The van der Waals surface area contributed by atoms with Crippen molar-refractivity contribution in [2.75, 3.05) is 19.8 Å². The molecule has 0 aliphatic heterocycles. The molecule has 0 bridgehead atoms. The molecular formula is C30H47NO11. The van der Waals surface area contributed by atoms with E-state index in [1.807, 2.05) is 41.5 Å². The van der Waals surface area contributed by atoms with Crippen LogP contribution < -0.4 is 15.2 Å². The van der Waals surface area contributed by atoms with Crippen molar-refractivity contribution in [1.29, 1.82) is 0 Å². The lowest BCUT2D eigenvalue weighted by Crippen LogP contribution is -2.39. The average molecular weight is 598 g/mol. The summed E-state index contributed by atoms with van der Waals surface area (Å²) in [6.45, 7) is 15.2. The van der Waals surface area contributed by atoms with E-state index in [-0.39, 0.29) is 55.5 Å². The monoisotopic (exact) mass is 597 g/mol. The zero-order chi connectivity index (χ0) is 31.8. The van der Waals surface area contributed by atoms with Crippen molar-refractivity contribution in [2.45, 2.75) is 92.9 Å². The molecule has 238 valence electrons. The molecule has 1 aromatic rings. The van der Waals surface area contributed by atoms with E-state index in [1.54, 1.807) is 19.9 Å². The molecule has 2 N–H and O–H groups in total. The quantitative estimate of drug-likeness (QED) is 0.139. The second-order valence-corrected chi connectivity index (χ2v) is 10.9. The first-order valence-corrected chi connectivity index (χ1v) is 14.4. The van der Waals surface area contributed by atoms with Crippen LogP contribution in [0.4, 0.5) is 14.4 Å². The molecular weight excluding hydrogens is 550 g/mol. The Bertz CT molecular complexity index is 1010. The van der Waals surface area contributed by atoms with Gasteiger partial charge in [0.1, 0.15) is 18.2 Å². The van der Waals surface area contributed by atoms with E-state index < -0.39 is 42.7 Å². The Morgan fingerprint density at radius 3 is 1.71 bits per heavy atom. The Balaban J connectivity index is 2.91. The van der Waals surface area contributed by atoms with Crippen LogP contribution in [0.15, 0.2) is 18.2 Å². The maximum atomic E-state index is 12.7. The Kier molecular flexibility index (Phi) is 16.3. The lowest BCUT2D eigenvalue weighted by Gasteiger charge is -2.22. The largest absolute Gasteiger partial charge is 0.513 e. The van der Waals surface area contributed by atoms with Gasteiger partial charge in [-0.25, -0.2) is 14.4 Å². The van der Waals surface area contributed by atoms with Crippen molar-refractivity contribution >= 4 is 24.4 Å². The lowest BCUT2D eigenvalue weighted by atomic mass is 10.1. The van der Waals surface area contributed by atoms with E-state index >= 15 is 0 Å². The molecule has 0 radical (unpaired) electrons. The normalized spacial score (nSPS) is 14.5. The van der Waals surface area contributed by atoms with E-state index in [2.05, 4.69) is 0 Å². The highest BCUT2D eigenvalue weighted by Crippen LogP contribution is 2.30. The number of carbonyl (C=O) groups is 4. The Hall–Kier alpha value is -3.54. The first-order valence-electron chi connectivity index (χ1n) is 14.4. The van der Waals surface area contributed by atoms with Crippen molar-refractivity contribution in [3.05, 3.63) is 23.8 Å². The van der Waals surface area contributed by atoms with Crippen LogP contribution in [0, 0.1) is 17.8 Å². The molecule has 0 amide bonds. The van der Waals surface area contributed by atoms with Gasteiger partial charge in [-0.15, -0.1) is 0 Å². The molecule has 5 atom stereocenters. The molecule has 0 aromatic heterocycles. The summed E-state index contributed by atoms with van der Waals surface area (Å²) in [5.41, 5.74) is 6.57.